The van der Waals surface area contributed by atoms with Crippen LogP contribution in [0.2, 0.25) is 0 Å². The Morgan fingerprint density at radius 2 is 1.74 bits per heavy atom. The fourth-order valence-electron chi connectivity index (χ4n) is 1.51. The molecule has 114 valence electrons. The van der Waals surface area contributed by atoms with Crippen molar-refractivity contribution in [3.63, 3.8) is 0 Å². The maximum Gasteiger partial charge on any atom is 0.222 e. The Balaban J connectivity index is 4.19. The maximum atomic E-state index is 11.6. The third-order valence-corrected chi connectivity index (χ3v) is 3.97. The molecule has 19 heavy (non-hydrogen) atoms. The summed E-state index contributed by atoms with van der Waals surface area (Å²) in [5.74, 6) is -0.137. The summed E-state index contributed by atoms with van der Waals surface area (Å²) in [6, 6.07) is 0. The van der Waals surface area contributed by atoms with Gasteiger partial charge in [0.1, 0.15) is 0 Å². The first-order valence-corrected chi connectivity index (χ1v) is 8.37. The van der Waals surface area contributed by atoms with E-state index in [1.165, 1.54) is 10.6 Å². The predicted molar refractivity (Wildman–Crippen MR) is 77.4 cm³/mol. The summed E-state index contributed by atoms with van der Waals surface area (Å²) in [6.45, 7) is 5.61. The molecule has 0 heterocycles. The fraction of sp³-hybridized carbons (Fsp3) is 0.917. The lowest BCUT2D eigenvalue weighted by Crippen LogP contribution is -2.40. The lowest BCUT2D eigenvalue weighted by molar-refractivity contribution is -0.123. The molecule has 0 rings (SSSR count). The summed E-state index contributed by atoms with van der Waals surface area (Å²) < 4.78 is 24.6. The molecule has 0 saturated heterocycles. The Labute approximate surface area is 117 Å². The van der Waals surface area contributed by atoms with Crippen LogP contribution in [0.15, 0.2) is 0 Å². The molecule has 0 spiro atoms. The number of nitrogens with one attached hydrogen (secondary N) is 1. The predicted octanol–water partition coefficient (Wildman–Crippen LogP) is -0.0281. The van der Waals surface area contributed by atoms with Gasteiger partial charge in [0.15, 0.2) is 0 Å². The molecule has 0 aliphatic rings. The zero-order valence-corrected chi connectivity index (χ0v) is 13.5. The van der Waals surface area contributed by atoms with E-state index in [4.69, 9.17) is 0 Å². The Kier molecular flexibility index (Phi) is 8.20. The molecular formula is C12H27N3O3S. The second-order valence-electron chi connectivity index (χ2n) is 5.26. The van der Waals surface area contributed by atoms with Gasteiger partial charge in [-0.15, -0.1) is 0 Å². The highest BCUT2D eigenvalue weighted by Crippen LogP contribution is 2.00. The van der Waals surface area contributed by atoms with E-state index in [0.717, 1.165) is 13.0 Å². The van der Waals surface area contributed by atoms with Crippen LogP contribution >= 0.6 is 0 Å². The quantitative estimate of drug-likeness (QED) is 0.648. The van der Waals surface area contributed by atoms with Crippen molar-refractivity contribution in [3.8, 4) is 0 Å². The largest absolute Gasteiger partial charge is 0.355 e. The van der Waals surface area contributed by atoms with Crippen LogP contribution in [0.4, 0.5) is 0 Å². The van der Waals surface area contributed by atoms with E-state index >= 15 is 0 Å². The van der Waals surface area contributed by atoms with E-state index < -0.39 is 10.0 Å². The van der Waals surface area contributed by atoms with Crippen LogP contribution in [0.3, 0.4) is 0 Å². The van der Waals surface area contributed by atoms with Gasteiger partial charge in [0.05, 0.1) is 6.26 Å². The van der Waals surface area contributed by atoms with Crippen molar-refractivity contribution in [2.45, 2.75) is 20.3 Å². The van der Waals surface area contributed by atoms with Crippen LogP contribution in [0, 0.1) is 5.92 Å². The molecule has 6 nitrogen and oxygen atoms in total. The molecule has 1 N–H and O–H groups in total. The van der Waals surface area contributed by atoms with Crippen molar-refractivity contribution in [1.29, 1.82) is 0 Å². The maximum absolute atomic E-state index is 11.6. The van der Waals surface area contributed by atoms with Crippen molar-refractivity contribution in [1.82, 2.24) is 14.5 Å². The molecule has 0 saturated carbocycles. The number of carbonyl (C=O) groups excluding carboxylic acids is 1. The minimum absolute atomic E-state index is 0.0539. The Morgan fingerprint density at radius 1 is 1.16 bits per heavy atom. The van der Waals surface area contributed by atoms with Gasteiger partial charge in [-0.2, -0.15) is 0 Å². The van der Waals surface area contributed by atoms with Crippen LogP contribution in [0.25, 0.3) is 0 Å². The smallest absolute Gasteiger partial charge is 0.222 e. The monoisotopic (exact) mass is 293 g/mol. The first-order valence-electron chi connectivity index (χ1n) is 6.52. The van der Waals surface area contributed by atoms with Gasteiger partial charge >= 0.3 is 0 Å². The highest BCUT2D eigenvalue weighted by atomic mass is 32.2. The average Bonchev–Trinajstić information content (AvgIpc) is 2.24. The number of amides is 1. The summed E-state index contributed by atoms with van der Waals surface area (Å²) in [6.07, 6.45) is 1.98. The molecule has 0 fully saturated rings. The van der Waals surface area contributed by atoms with Crippen molar-refractivity contribution in [3.05, 3.63) is 0 Å². The SMILES string of the molecule is CC(C)C(=O)NCCN(CCCN(C)C)S(C)(=O)=O. The Bertz CT molecular complexity index is 366. The van der Waals surface area contributed by atoms with Gasteiger partial charge in [0.25, 0.3) is 0 Å². The topological polar surface area (TPSA) is 69.7 Å². The van der Waals surface area contributed by atoms with Crippen LogP contribution < -0.4 is 5.32 Å². The van der Waals surface area contributed by atoms with Gasteiger partial charge in [-0.25, -0.2) is 12.7 Å². The molecule has 0 aliphatic carbocycles. The summed E-state index contributed by atoms with van der Waals surface area (Å²) in [5, 5.41) is 2.73. The van der Waals surface area contributed by atoms with Crippen LogP contribution in [-0.2, 0) is 14.8 Å². The van der Waals surface area contributed by atoms with Crippen molar-refractivity contribution in [2.24, 2.45) is 5.92 Å². The number of carbonyl (C=O) groups is 1. The zero-order valence-electron chi connectivity index (χ0n) is 12.6. The van der Waals surface area contributed by atoms with Gasteiger partial charge in [-0.1, -0.05) is 13.8 Å². The summed E-state index contributed by atoms with van der Waals surface area (Å²) in [7, 11) is 0.687. The minimum Gasteiger partial charge on any atom is -0.355 e. The van der Waals surface area contributed by atoms with Crippen LogP contribution in [0.1, 0.15) is 20.3 Å². The average molecular weight is 293 g/mol. The van der Waals surface area contributed by atoms with E-state index in [2.05, 4.69) is 5.32 Å². The lowest BCUT2D eigenvalue weighted by Gasteiger charge is -2.21. The molecule has 0 unspecified atom stereocenters. The van der Waals surface area contributed by atoms with E-state index in [-0.39, 0.29) is 11.8 Å². The second-order valence-corrected chi connectivity index (χ2v) is 7.25. The molecular weight excluding hydrogens is 266 g/mol. The van der Waals surface area contributed by atoms with Gasteiger partial charge < -0.3 is 10.2 Å². The van der Waals surface area contributed by atoms with Crippen LogP contribution in [0.5, 0.6) is 0 Å². The zero-order chi connectivity index (χ0) is 15.1. The van der Waals surface area contributed by atoms with E-state index in [1.807, 2.05) is 19.0 Å². The van der Waals surface area contributed by atoms with Gasteiger partial charge in [-0.05, 0) is 27.1 Å². The third-order valence-electron chi connectivity index (χ3n) is 2.67. The number of hydrogen-bond acceptors (Lipinski definition) is 4. The second kappa shape index (κ2) is 8.50. The van der Waals surface area contributed by atoms with Gasteiger partial charge in [0, 0.05) is 25.6 Å². The van der Waals surface area contributed by atoms with Crippen molar-refractivity contribution >= 4 is 15.9 Å². The molecule has 1 amide bonds. The first kappa shape index (κ1) is 18.3. The third kappa shape index (κ3) is 8.96. The van der Waals surface area contributed by atoms with E-state index in [9.17, 15) is 13.2 Å². The molecule has 7 heteroatoms. The minimum atomic E-state index is -3.22. The van der Waals surface area contributed by atoms with E-state index in [1.54, 1.807) is 13.8 Å². The van der Waals surface area contributed by atoms with Crippen molar-refractivity contribution in [2.75, 3.05) is 46.5 Å². The molecule has 0 aromatic rings. The number of nitrogens with zero attached hydrogens (tertiary/aromatic N) is 2. The summed E-state index contributed by atoms with van der Waals surface area (Å²) in [5.41, 5.74) is 0. The first-order chi connectivity index (χ1) is 8.64. The van der Waals surface area contributed by atoms with Gasteiger partial charge in [-0.3, -0.25) is 4.79 Å². The van der Waals surface area contributed by atoms with Gasteiger partial charge in [0.2, 0.25) is 15.9 Å². The van der Waals surface area contributed by atoms with E-state index in [0.29, 0.717) is 19.6 Å². The Morgan fingerprint density at radius 3 is 2.16 bits per heavy atom. The summed E-state index contributed by atoms with van der Waals surface area (Å²) >= 11 is 0. The Hall–Kier alpha value is -0.660. The highest BCUT2D eigenvalue weighted by Gasteiger charge is 2.16. The highest BCUT2D eigenvalue weighted by molar-refractivity contribution is 7.88. The van der Waals surface area contributed by atoms with Crippen LogP contribution in [-0.4, -0.2) is 70.1 Å². The standard InChI is InChI=1S/C12H27N3O3S/c1-11(2)12(16)13-7-10-15(19(5,17)18)9-6-8-14(3)4/h11H,6-10H2,1-5H3,(H,13,16). The molecule has 0 atom stereocenters. The molecule has 0 bridgehead atoms. The molecule has 0 aromatic carbocycles. The lowest BCUT2D eigenvalue weighted by atomic mass is 10.2. The molecule has 0 aromatic heterocycles. The molecule has 0 radical (unpaired) electrons. The van der Waals surface area contributed by atoms with Crippen molar-refractivity contribution < 1.29 is 13.2 Å². The number of sulfonamides is 1. The normalized spacial score (nSPS) is 12.4. The summed E-state index contributed by atoms with van der Waals surface area (Å²) in [4.78, 5) is 13.4. The fourth-order valence-corrected chi connectivity index (χ4v) is 2.40. The number of rotatable bonds is 9. The number of hydrogen-bond donors (Lipinski definition) is 1. The molecule has 0 aliphatic heterocycles.